The third-order valence-corrected chi connectivity index (χ3v) is 14.5. The number of pyridine rings is 1. The van der Waals surface area contributed by atoms with Gasteiger partial charge in [-0.05, 0) is 110 Å². The number of aromatic nitrogens is 2. The van der Waals surface area contributed by atoms with E-state index in [1.165, 1.54) is 77.7 Å². The number of anilines is 2. The van der Waals surface area contributed by atoms with Crippen molar-refractivity contribution in [2.45, 2.75) is 110 Å². The molecule has 4 heteroatoms. The van der Waals surface area contributed by atoms with Gasteiger partial charge in [-0.15, -0.1) is 0 Å². The second-order valence-corrected chi connectivity index (χ2v) is 22.0. The smallest absolute Gasteiger partial charge is 0.137 e. The van der Waals surface area contributed by atoms with Crippen LogP contribution in [0, 0.1) is 0 Å². The van der Waals surface area contributed by atoms with Crippen molar-refractivity contribution in [3.8, 4) is 5.82 Å². The van der Waals surface area contributed by atoms with Crippen molar-refractivity contribution in [3.63, 3.8) is 0 Å². The molecule has 0 atom stereocenters. The summed E-state index contributed by atoms with van der Waals surface area (Å²) in [6.45, 7) is 28.5. The maximum absolute atomic E-state index is 5.01. The van der Waals surface area contributed by atoms with Gasteiger partial charge in [0.15, 0.2) is 0 Å². The third-order valence-electron chi connectivity index (χ3n) is 14.5. The zero-order valence-electron chi connectivity index (χ0n) is 40.7. The van der Waals surface area contributed by atoms with Crippen LogP contribution in [0.1, 0.15) is 128 Å². The molecule has 9 rings (SSSR count). The fraction of sp³-hybridized carbons (Fsp3) is 0.295. The molecular formula is C61H66N4. The Morgan fingerprint density at radius 3 is 1.48 bits per heavy atom. The van der Waals surface area contributed by atoms with E-state index in [2.05, 4.69) is 262 Å². The Kier molecular flexibility index (Phi) is 10.8. The Morgan fingerprint density at radius 2 is 0.877 bits per heavy atom. The standard InChI is InChI=1S/C61H66N4/c1-57(2,3)44-27-29-54-53(38-44)52-28-26-47(39-55(52)65(54)56-40-45(30-31-62-56)58(4,5)6)61(11,12)46-24-19-25-50(35-46)63-32-33-64(41-63)51-36-48(59(7,8)42-20-15-13-16-21-42)34-49(37-51)60(9,10)43-22-17-14-18-23-43/h13-40H,41H2,1-12H3. The molecule has 330 valence electrons. The molecule has 0 saturated carbocycles. The van der Waals surface area contributed by atoms with Crippen LogP contribution in [0.5, 0.6) is 0 Å². The van der Waals surface area contributed by atoms with E-state index in [1.807, 2.05) is 6.20 Å². The molecule has 1 aliphatic rings. The highest BCUT2D eigenvalue weighted by molar-refractivity contribution is 6.09. The summed E-state index contributed by atoms with van der Waals surface area (Å²) in [4.78, 5) is 9.78. The first-order chi connectivity index (χ1) is 30.7. The van der Waals surface area contributed by atoms with Crippen LogP contribution >= 0.6 is 0 Å². The average Bonchev–Trinajstić information content (AvgIpc) is 3.92. The van der Waals surface area contributed by atoms with E-state index in [1.54, 1.807) is 0 Å². The van der Waals surface area contributed by atoms with Gasteiger partial charge < -0.3 is 9.80 Å². The maximum Gasteiger partial charge on any atom is 0.137 e. The van der Waals surface area contributed by atoms with Gasteiger partial charge in [-0.25, -0.2) is 4.98 Å². The molecule has 0 radical (unpaired) electrons. The van der Waals surface area contributed by atoms with Crippen molar-refractivity contribution >= 4 is 33.2 Å². The van der Waals surface area contributed by atoms with Gasteiger partial charge in [-0.3, -0.25) is 4.57 Å². The van der Waals surface area contributed by atoms with Crippen LogP contribution in [0.3, 0.4) is 0 Å². The summed E-state index contributed by atoms with van der Waals surface area (Å²) in [7, 11) is 0. The molecule has 6 aromatic carbocycles. The summed E-state index contributed by atoms with van der Waals surface area (Å²) in [6.07, 6.45) is 6.45. The van der Waals surface area contributed by atoms with E-state index >= 15 is 0 Å². The molecular weight excluding hydrogens is 789 g/mol. The first-order valence-corrected chi connectivity index (χ1v) is 23.4. The minimum absolute atomic E-state index is 0.00112. The van der Waals surface area contributed by atoms with Crippen LogP contribution in [0.25, 0.3) is 27.6 Å². The Hall–Kier alpha value is -6.39. The molecule has 2 aromatic heterocycles. The highest BCUT2D eigenvalue weighted by atomic mass is 15.3. The van der Waals surface area contributed by atoms with Gasteiger partial charge in [0, 0.05) is 57.0 Å². The van der Waals surface area contributed by atoms with E-state index in [0.717, 1.165) is 5.82 Å². The fourth-order valence-electron chi connectivity index (χ4n) is 9.67. The monoisotopic (exact) mass is 855 g/mol. The Labute approximate surface area is 388 Å². The van der Waals surface area contributed by atoms with Gasteiger partial charge in [-0.2, -0.15) is 0 Å². The molecule has 1 aliphatic heterocycles. The Morgan fingerprint density at radius 1 is 0.369 bits per heavy atom. The molecule has 0 saturated heterocycles. The summed E-state index contributed by atoms with van der Waals surface area (Å²) in [5.41, 5.74) is 14.4. The zero-order valence-corrected chi connectivity index (χ0v) is 40.7. The number of hydrogen-bond donors (Lipinski definition) is 0. The van der Waals surface area contributed by atoms with Gasteiger partial charge in [0.05, 0.1) is 17.7 Å². The number of nitrogens with zero attached hydrogens (tertiary/aromatic N) is 4. The number of hydrogen-bond acceptors (Lipinski definition) is 3. The lowest BCUT2D eigenvalue weighted by Gasteiger charge is -2.33. The van der Waals surface area contributed by atoms with Crippen LogP contribution in [0.15, 0.2) is 170 Å². The molecule has 65 heavy (non-hydrogen) atoms. The molecule has 0 unspecified atom stereocenters. The minimum Gasteiger partial charge on any atom is -0.328 e. The van der Waals surface area contributed by atoms with Crippen molar-refractivity contribution in [1.82, 2.24) is 9.55 Å². The van der Waals surface area contributed by atoms with E-state index < -0.39 is 0 Å². The highest BCUT2D eigenvalue weighted by Crippen LogP contribution is 2.43. The number of benzene rings is 6. The molecule has 0 N–H and O–H groups in total. The second kappa shape index (κ2) is 15.9. The van der Waals surface area contributed by atoms with Gasteiger partial charge in [0.1, 0.15) is 5.82 Å². The van der Waals surface area contributed by atoms with Crippen molar-refractivity contribution in [2.75, 3.05) is 16.5 Å². The van der Waals surface area contributed by atoms with E-state index in [4.69, 9.17) is 4.98 Å². The molecule has 3 heterocycles. The minimum atomic E-state index is -0.291. The predicted molar refractivity (Wildman–Crippen MR) is 277 cm³/mol. The number of fused-ring (bicyclic) bond motifs is 3. The highest BCUT2D eigenvalue weighted by Gasteiger charge is 2.31. The lowest BCUT2D eigenvalue weighted by Crippen LogP contribution is -2.27. The van der Waals surface area contributed by atoms with Crippen LogP contribution in [-0.4, -0.2) is 16.2 Å². The summed E-state index contributed by atoms with van der Waals surface area (Å²) in [5, 5.41) is 2.51. The summed E-state index contributed by atoms with van der Waals surface area (Å²) < 4.78 is 2.38. The van der Waals surface area contributed by atoms with E-state index in [-0.39, 0.29) is 27.1 Å². The fourth-order valence-corrected chi connectivity index (χ4v) is 9.67. The first-order valence-electron chi connectivity index (χ1n) is 23.4. The van der Waals surface area contributed by atoms with Crippen LogP contribution in [-0.2, 0) is 27.1 Å². The predicted octanol–water partition coefficient (Wildman–Crippen LogP) is 15.5. The van der Waals surface area contributed by atoms with Crippen LogP contribution < -0.4 is 9.80 Å². The Bertz CT molecular complexity index is 2990. The van der Waals surface area contributed by atoms with Crippen LogP contribution in [0.4, 0.5) is 11.4 Å². The molecule has 0 spiro atoms. The molecule has 0 aliphatic carbocycles. The lowest BCUT2D eigenvalue weighted by molar-refractivity contribution is 0.588. The Balaban J connectivity index is 1.07. The van der Waals surface area contributed by atoms with Crippen molar-refractivity contribution in [2.24, 2.45) is 0 Å². The maximum atomic E-state index is 5.01. The van der Waals surface area contributed by atoms with Gasteiger partial charge in [0.25, 0.3) is 0 Å². The third kappa shape index (κ3) is 8.07. The van der Waals surface area contributed by atoms with E-state index in [0.29, 0.717) is 6.67 Å². The normalized spacial score (nSPS) is 14.0. The van der Waals surface area contributed by atoms with Gasteiger partial charge >= 0.3 is 0 Å². The zero-order chi connectivity index (χ0) is 46.1. The molecule has 8 aromatic rings. The second-order valence-electron chi connectivity index (χ2n) is 22.0. The van der Waals surface area contributed by atoms with Crippen molar-refractivity contribution < 1.29 is 0 Å². The van der Waals surface area contributed by atoms with Crippen molar-refractivity contribution in [1.29, 1.82) is 0 Å². The van der Waals surface area contributed by atoms with Crippen molar-refractivity contribution in [3.05, 3.63) is 215 Å². The summed E-state index contributed by atoms with van der Waals surface area (Å²) >= 11 is 0. The topological polar surface area (TPSA) is 24.3 Å². The molecule has 4 nitrogen and oxygen atoms in total. The average molecular weight is 855 g/mol. The van der Waals surface area contributed by atoms with E-state index in [9.17, 15) is 0 Å². The number of rotatable bonds is 9. The lowest BCUT2D eigenvalue weighted by atomic mass is 9.73. The summed E-state index contributed by atoms with van der Waals surface area (Å²) in [5.74, 6) is 0.952. The first kappa shape index (κ1) is 43.8. The quantitative estimate of drug-likeness (QED) is 0.145. The molecule has 0 bridgehead atoms. The molecule has 0 fully saturated rings. The van der Waals surface area contributed by atoms with Gasteiger partial charge in [-0.1, -0.05) is 180 Å². The largest absolute Gasteiger partial charge is 0.328 e. The summed E-state index contributed by atoms with van der Waals surface area (Å²) in [6, 6.07) is 56.7. The van der Waals surface area contributed by atoms with Crippen LogP contribution in [0.2, 0.25) is 0 Å². The van der Waals surface area contributed by atoms with Gasteiger partial charge in [0.2, 0.25) is 0 Å². The molecule has 0 amide bonds. The SMILES string of the molecule is CC(C)(C)c1ccnc(-n2c3ccc(C(C)(C)C)cc3c3ccc(C(C)(C)c4cccc(N5C=CN(c6cc(C(C)(C)c7ccccc7)cc(C(C)(C)c7ccccc7)c6)C5)c4)cc32)c1.